The molecular weight excluding hydrogens is 248 g/mol. The first kappa shape index (κ1) is 15.3. The molecule has 1 saturated heterocycles. The molecule has 0 radical (unpaired) electrons. The molecule has 106 valence electrons. The van der Waals surface area contributed by atoms with Crippen molar-refractivity contribution in [3.8, 4) is 12.3 Å². The number of amides is 2. The molecule has 1 rings (SSSR count). The van der Waals surface area contributed by atoms with Gasteiger partial charge in [0.1, 0.15) is 5.92 Å². The van der Waals surface area contributed by atoms with Gasteiger partial charge in [0.15, 0.2) is 0 Å². The smallest absolute Gasteiger partial charge is 0.320 e. The van der Waals surface area contributed by atoms with Crippen molar-refractivity contribution in [1.82, 2.24) is 9.80 Å². The second-order valence-electron chi connectivity index (χ2n) is 4.57. The number of rotatable bonds is 5. The topological polar surface area (TPSA) is 70.1 Å². The Hall–Kier alpha value is -1.74. The summed E-state index contributed by atoms with van der Waals surface area (Å²) in [7, 11) is 1.59. The molecule has 6 heteroatoms. The molecule has 1 heterocycles. The van der Waals surface area contributed by atoms with E-state index in [1.54, 1.807) is 7.05 Å². The zero-order valence-corrected chi connectivity index (χ0v) is 11.3. The highest BCUT2D eigenvalue weighted by Crippen LogP contribution is 2.20. The number of urea groups is 1. The number of hydrogen-bond donors (Lipinski definition) is 1. The number of carbonyl (C=O) groups excluding carboxylic acids is 1. The van der Waals surface area contributed by atoms with E-state index in [-0.39, 0.29) is 25.8 Å². The maximum Gasteiger partial charge on any atom is 0.320 e. The standard InChI is InChI=1S/C13H20N2O4/c1-4-6-15(7-5-2)13(18)14(3)11-9-19-8-10(11)12(16)17/h1,10-11H,5-9H2,2-3H3,(H,16,17). The molecule has 0 saturated carbocycles. The summed E-state index contributed by atoms with van der Waals surface area (Å²) < 4.78 is 5.17. The van der Waals surface area contributed by atoms with Crippen molar-refractivity contribution in [2.75, 3.05) is 33.4 Å². The van der Waals surface area contributed by atoms with Gasteiger partial charge in [-0.15, -0.1) is 6.42 Å². The van der Waals surface area contributed by atoms with Crippen LogP contribution in [0.4, 0.5) is 4.79 Å². The van der Waals surface area contributed by atoms with E-state index in [2.05, 4.69) is 5.92 Å². The van der Waals surface area contributed by atoms with Crippen molar-refractivity contribution in [1.29, 1.82) is 0 Å². The second-order valence-corrected chi connectivity index (χ2v) is 4.57. The van der Waals surface area contributed by atoms with Gasteiger partial charge in [-0.05, 0) is 6.42 Å². The average molecular weight is 268 g/mol. The molecule has 2 unspecified atom stereocenters. The lowest BCUT2D eigenvalue weighted by molar-refractivity contribution is -0.142. The van der Waals surface area contributed by atoms with Crippen LogP contribution in [0.2, 0.25) is 0 Å². The van der Waals surface area contributed by atoms with Crippen molar-refractivity contribution >= 4 is 12.0 Å². The van der Waals surface area contributed by atoms with Crippen molar-refractivity contribution in [2.45, 2.75) is 19.4 Å². The van der Waals surface area contributed by atoms with Crippen LogP contribution in [-0.2, 0) is 9.53 Å². The maximum absolute atomic E-state index is 12.3. The van der Waals surface area contributed by atoms with Gasteiger partial charge >= 0.3 is 12.0 Å². The van der Waals surface area contributed by atoms with Gasteiger partial charge in [-0.3, -0.25) is 4.79 Å². The number of likely N-dealkylation sites (N-methyl/N-ethyl adjacent to an activating group) is 1. The summed E-state index contributed by atoms with van der Waals surface area (Å²) in [6, 6.07) is -0.691. The maximum atomic E-state index is 12.3. The van der Waals surface area contributed by atoms with Gasteiger partial charge in [-0.1, -0.05) is 12.8 Å². The highest BCUT2D eigenvalue weighted by atomic mass is 16.5. The van der Waals surface area contributed by atoms with Crippen molar-refractivity contribution in [2.24, 2.45) is 5.92 Å². The molecule has 0 aromatic heterocycles. The SMILES string of the molecule is C#CCN(CCC)C(=O)N(C)C1COCC1C(=O)O. The Morgan fingerprint density at radius 3 is 2.68 bits per heavy atom. The quantitative estimate of drug-likeness (QED) is 0.736. The first-order chi connectivity index (χ1) is 9.02. The summed E-state index contributed by atoms with van der Waals surface area (Å²) in [5.74, 6) is 0.823. The first-order valence-electron chi connectivity index (χ1n) is 6.28. The highest BCUT2D eigenvalue weighted by molar-refractivity contribution is 5.77. The molecule has 1 N–H and O–H groups in total. The number of carboxylic acids is 1. The zero-order chi connectivity index (χ0) is 14.4. The molecule has 0 bridgehead atoms. The van der Waals surface area contributed by atoms with Gasteiger partial charge in [0, 0.05) is 13.6 Å². The minimum absolute atomic E-state index is 0.139. The fourth-order valence-electron chi connectivity index (χ4n) is 2.15. The van der Waals surface area contributed by atoms with E-state index in [4.69, 9.17) is 16.3 Å². The largest absolute Gasteiger partial charge is 0.481 e. The number of ether oxygens (including phenoxy) is 1. The van der Waals surface area contributed by atoms with Gasteiger partial charge in [0.2, 0.25) is 0 Å². The highest BCUT2D eigenvalue weighted by Gasteiger charge is 2.39. The van der Waals surface area contributed by atoms with Crippen LogP contribution in [0.15, 0.2) is 0 Å². The van der Waals surface area contributed by atoms with Crippen LogP contribution in [0.1, 0.15) is 13.3 Å². The van der Waals surface area contributed by atoms with Gasteiger partial charge < -0.3 is 19.6 Å². The Morgan fingerprint density at radius 2 is 2.16 bits per heavy atom. The van der Waals surface area contributed by atoms with Crippen molar-refractivity contribution in [3.63, 3.8) is 0 Å². The summed E-state index contributed by atoms with van der Waals surface area (Å²) in [5.41, 5.74) is 0. The van der Waals surface area contributed by atoms with E-state index >= 15 is 0 Å². The van der Waals surface area contributed by atoms with Crippen molar-refractivity contribution in [3.05, 3.63) is 0 Å². The van der Waals surface area contributed by atoms with Crippen LogP contribution in [0.5, 0.6) is 0 Å². The summed E-state index contributed by atoms with van der Waals surface area (Å²) in [5, 5.41) is 9.10. The first-order valence-corrected chi connectivity index (χ1v) is 6.28. The van der Waals surface area contributed by atoms with Gasteiger partial charge in [0.25, 0.3) is 0 Å². The van der Waals surface area contributed by atoms with E-state index in [1.165, 1.54) is 9.80 Å². The molecule has 0 spiro atoms. The predicted octanol–water partition coefficient (Wildman–Crippen LogP) is 0.483. The molecule has 1 aliphatic rings. The Labute approximate surface area is 113 Å². The Morgan fingerprint density at radius 1 is 1.47 bits per heavy atom. The van der Waals surface area contributed by atoms with Gasteiger partial charge in [0.05, 0.1) is 25.8 Å². The lowest BCUT2D eigenvalue weighted by Crippen LogP contribution is -2.50. The number of carboxylic acid groups (broad SMARTS) is 1. The van der Waals surface area contributed by atoms with E-state index in [9.17, 15) is 9.59 Å². The van der Waals surface area contributed by atoms with Crippen LogP contribution < -0.4 is 0 Å². The fourth-order valence-corrected chi connectivity index (χ4v) is 2.15. The number of aliphatic carboxylic acids is 1. The van der Waals surface area contributed by atoms with Crippen LogP contribution >= 0.6 is 0 Å². The predicted molar refractivity (Wildman–Crippen MR) is 69.6 cm³/mol. The zero-order valence-electron chi connectivity index (χ0n) is 11.3. The Kier molecular flexibility index (Phi) is 5.64. The second kappa shape index (κ2) is 7.00. The number of carbonyl (C=O) groups is 2. The van der Waals surface area contributed by atoms with Crippen LogP contribution in [0, 0.1) is 18.3 Å². The average Bonchev–Trinajstić information content (AvgIpc) is 2.86. The molecule has 0 aliphatic carbocycles. The van der Waals surface area contributed by atoms with E-state index < -0.39 is 17.9 Å². The molecular formula is C13H20N2O4. The van der Waals surface area contributed by atoms with Crippen molar-refractivity contribution < 1.29 is 19.4 Å². The Bertz CT molecular complexity index is 377. The molecule has 0 aromatic carbocycles. The number of nitrogens with zero attached hydrogens (tertiary/aromatic N) is 2. The lowest BCUT2D eigenvalue weighted by Gasteiger charge is -2.31. The van der Waals surface area contributed by atoms with E-state index in [1.807, 2.05) is 6.92 Å². The fraction of sp³-hybridized carbons (Fsp3) is 0.692. The molecule has 19 heavy (non-hydrogen) atoms. The molecule has 6 nitrogen and oxygen atoms in total. The summed E-state index contributed by atoms with van der Waals surface area (Å²) >= 11 is 0. The monoisotopic (exact) mass is 268 g/mol. The van der Waals surface area contributed by atoms with Gasteiger partial charge in [-0.2, -0.15) is 0 Å². The minimum atomic E-state index is -0.943. The summed E-state index contributed by atoms with van der Waals surface area (Å²) in [6.07, 6.45) is 6.04. The third kappa shape index (κ3) is 3.61. The van der Waals surface area contributed by atoms with Gasteiger partial charge in [-0.25, -0.2) is 4.79 Å². The van der Waals surface area contributed by atoms with Crippen LogP contribution in [0.3, 0.4) is 0 Å². The third-order valence-corrected chi connectivity index (χ3v) is 3.21. The molecule has 2 amide bonds. The normalized spacial score (nSPS) is 21.7. The molecule has 2 atom stereocenters. The van der Waals surface area contributed by atoms with E-state index in [0.29, 0.717) is 6.54 Å². The minimum Gasteiger partial charge on any atom is -0.481 e. The number of hydrogen-bond acceptors (Lipinski definition) is 3. The van der Waals surface area contributed by atoms with Crippen LogP contribution in [0.25, 0.3) is 0 Å². The third-order valence-electron chi connectivity index (χ3n) is 3.21. The number of terminal acetylenes is 1. The van der Waals surface area contributed by atoms with E-state index in [0.717, 1.165) is 6.42 Å². The summed E-state index contributed by atoms with van der Waals surface area (Å²) in [4.78, 5) is 26.4. The molecule has 0 aromatic rings. The molecule has 1 aliphatic heterocycles. The molecule has 1 fully saturated rings. The Balaban J connectivity index is 2.74. The van der Waals surface area contributed by atoms with Crippen LogP contribution in [-0.4, -0.2) is 66.3 Å². The lowest BCUT2D eigenvalue weighted by atomic mass is 10.0. The summed E-state index contributed by atoms with van der Waals surface area (Å²) in [6.45, 7) is 3.12.